The zero-order valence-corrected chi connectivity index (χ0v) is 15.5. The molecule has 1 amide bonds. The Hall–Kier alpha value is -2.55. The fourth-order valence-corrected chi connectivity index (χ4v) is 3.50. The van der Waals surface area contributed by atoms with Crippen LogP contribution in [-0.2, 0) is 19.5 Å². The maximum atomic E-state index is 13.2. The lowest BCUT2D eigenvalue weighted by molar-refractivity contribution is 0.0774. The van der Waals surface area contributed by atoms with Crippen molar-refractivity contribution in [3.05, 3.63) is 70.9 Å². The van der Waals surface area contributed by atoms with E-state index in [0.29, 0.717) is 6.54 Å². The zero-order valence-electron chi connectivity index (χ0n) is 15.5. The highest BCUT2D eigenvalue weighted by molar-refractivity contribution is 6.01. The van der Waals surface area contributed by atoms with E-state index in [-0.39, 0.29) is 5.91 Å². The van der Waals surface area contributed by atoms with Crippen molar-refractivity contribution in [3.8, 4) is 0 Å². The predicted molar refractivity (Wildman–Crippen MR) is 104 cm³/mol. The van der Waals surface area contributed by atoms with E-state index in [1.54, 1.807) is 0 Å². The molecule has 0 aliphatic heterocycles. The van der Waals surface area contributed by atoms with Crippen molar-refractivity contribution in [1.29, 1.82) is 0 Å². The SMILES string of the molecule is CCc1ccc2c(c1)c(C)c(C(=O)N(C)Cc1ccccc1)n2CC. The van der Waals surface area contributed by atoms with Crippen molar-refractivity contribution in [2.75, 3.05) is 7.05 Å². The molecule has 3 aromatic rings. The molecule has 0 radical (unpaired) electrons. The van der Waals surface area contributed by atoms with Crippen molar-refractivity contribution >= 4 is 16.8 Å². The molecular formula is C22H26N2O. The normalized spacial score (nSPS) is 11.0. The number of benzene rings is 2. The van der Waals surface area contributed by atoms with Crippen LogP contribution in [0.3, 0.4) is 0 Å². The summed E-state index contributed by atoms with van der Waals surface area (Å²) in [5.41, 5.74) is 5.49. The van der Waals surface area contributed by atoms with Crippen molar-refractivity contribution in [3.63, 3.8) is 0 Å². The number of rotatable bonds is 5. The van der Waals surface area contributed by atoms with Gasteiger partial charge in [0.1, 0.15) is 5.69 Å². The van der Waals surface area contributed by atoms with Gasteiger partial charge in [-0.15, -0.1) is 0 Å². The van der Waals surface area contributed by atoms with Gasteiger partial charge in [-0.25, -0.2) is 0 Å². The summed E-state index contributed by atoms with van der Waals surface area (Å²) >= 11 is 0. The molecule has 0 aliphatic rings. The van der Waals surface area contributed by atoms with Crippen LogP contribution in [0.2, 0.25) is 0 Å². The summed E-state index contributed by atoms with van der Waals surface area (Å²) in [5.74, 6) is 0.0810. The molecule has 130 valence electrons. The molecule has 3 nitrogen and oxygen atoms in total. The lowest BCUT2D eigenvalue weighted by atomic mass is 10.1. The summed E-state index contributed by atoms with van der Waals surface area (Å²) < 4.78 is 2.15. The molecule has 3 heteroatoms. The highest BCUT2D eigenvalue weighted by atomic mass is 16.2. The molecule has 0 spiro atoms. The number of hydrogen-bond acceptors (Lipinski definition) is 1. The van der Waals surface area contributed by atoms with E-state index < -0.39 is 0 Å². The highest BCUT2D eigenvalue weighted by Gasteiger charge is 2.22. The molecule has 0 fully saturated rings. The molecule has 0 unspecified atom stereocenters. The number of aromatic nitrogens is 1. The summed E-state index contributed by atoms with van der Waals surface area (Å²) in [7, 11) is 1.88. The van der Waals surface area contributed by atoms with Crippen molar-refractivity contribution in [1.82, 2.24) is 9.47 Å². The minimum absolute atomic E-state index is 0.0810. The summed E-state index contributed by atoms with van der Waals surface area (Å²) in [6.45, 7) is 7.73. The molecule has 0 bridgehead atoms. The number of carbonyl (C=O) groups excluding carboxylic acids is 1. The Balaban J connectivity index is 2.01. The standard InChI is InChI=1S/C22H26N2O/c1-5-17-12-13-20-19(14-17)16(3)21(24(20)6-2)22(25)23(4)15-18-10-8-7-9-11-18/h7-14H,5-6,15H2,1-4H3. The molecule has 2 aromatic carbocycles. The minimum atomic E-state index is 0.0810. The van der Waals surface area contributed by atoms with Gasteiger partial charge in [-0.3, -0.25) is 4.79 Å². The van der Waals surface area contributed by atoms with Crippen LogP contribution in [0.15, 0.2) is 48.5 Å². The number of amides is 1. The average molecular weight is 334 g/mol. The maximum Gasteiger partial charge on any atom is 0.270 e. The first-order valence-corrected chi connectivity index (χ1v) is 8.97. The average Bonchev–Trinajstić information content (AvgIpc) is 2.93. The molecule has 1 heterocycles. The van der Waals surface area contributed by atoms with Gasteiger partial charge in [-0.1, -0.05) is 43.3 Å². The van der Waals surface area contributed by atoms with Gasteiger partial charge in [0, 0.05) is 31.0 Å². The van der Waals surface area contributed by atoms with E-state index in [1.165, 1.54) is 10.9 Å². The Morgan fingerprint density at radius 2 is 1.76 bits per heavy atom. The highest BCUT2D eigenvalue weighted by Crippen LogP contribution is 2.28. The molecule has 1 aromatic heterocycles. The fourth-order valence-electron chi connectivity index (χ4n) is 3.50. The van der Waals surface area contributed by atoms with Gasteiger partial charge in [0.2, 0.25) is 0 Å². The van der Waals surface area contributed by atoms with Crippen molar-refractivity contribution in [2.45, 2.75) is 40.3 Å². The van der Waals surface area contributed by atoms with E-state index in [2.05, 4.69) is 55.7 Å². The third-order valence-electron chi connectivity index (χ3n) is 4.92. The zero-order chi connectivity index (χ0) is 18.0. The molecule has 0 N–H and O–H groups in total. The summed E-state index contributed by atoms with van der Waals surface area (Å²) in [6, 6.07) is 16.7. The molecule has 0 aliphatic carbocycles. The molecule has 3 rings (SSSR count). The van der Waals surface area contributed by atoms with Crippen LogP contribution >= 0.6 is 0 Å². The van der Waals surface area contributed by atoms with E-state index in [9.17, 15) is 4.79 Å². The summed E-state index contributed by atoms with van der Waals surface area (Å²) in [6.07, 6.45) is 1.00. The second-order valence-corrected chi connectivity index (χ2v) is 6.57. The van der Waals surface area contributed by atoms with Gasteiger partial charge in [0.25, 0.3) is 5.91 Å². The van der Waals surface area contributed by atoms with E-state index in [1.807, 2.05) is 30.1 Å². The fraction of sp³-hybridized carbons (Fsp3) is 0.318. The number of hydrogen-bond donors (Lipinski definition) is 0. The second-order valence-electron chi connectivity index (χ2n) is 6.57. The van der Waals surface area contributed by atoms with E-state index in [0.717, 1.165) is 35.3 Å². The second kappa shape index (κ2) is 7.14. The minimum Gasteiger partial charge on any atom is -0.337 e. The Morgan fingerprint density at radius 3 is 2.40 bits per heavy atom. The number of nitrogens with zero attached hydrogens (tertiary/aromatic N) is 2. The van der Waals surface area contributed by atoms with Gasteiger partial charge >= 0.3 is 0 Å². The Morgan fingerprint density at radius 1 is 1.04 bits per heavy atom. The molecule has 25 heavy (non-hydrogen) atoms. The number of aryl methyl sites for hydroxylation is 3. The first-order valence-electron chi connectivity index (χ1n) is 8.97. The van der Waals surface area contributed by atoms with Crippen LogP contribution in [0.5, 0.6) is 0 Å². The smallest absolute Gasteiger partial charge is 0.270 e. The predicted octanol–water partition coefficient (Wildman–Crippen LogP) is 4.80. The van der Waals surface area contributed by atoms with Gasteiger partial charge in [0.05, 0.1) is 0 Å². The van der Waals surface area contributed by atoms with Crippen molar-refractivity contribution < 1.29 is 4.79 Å². The Labute approximate surface area is 149 Å². The molecule has 0 saturated heterocycles. The third kappa shape index (κ3) is 3.19. The first kappa shape index (κ1) is 17.3. The van der Waals surface area contributed by atoms with Gasteiger partial charge in [0.15, 0.2) is 0 Å². The third-order valence-corrected chi connectivity index (χ3v) is 4.92. The molecule has 0 atom stereocenters. The monoisotopic (exact) mass is 334 g/mol. The quantitative estimate of drug-likeness (QED) is 0.657. The van der Waals surface area contributed by atoms with Crippen LogP contribution < -0.4 is 0 Å². The van der Waals surface area contributed by atoms with Crippen molar-refractivity contribution in [2.24, 2.45) is 0 Å². The lowest BCUT2D eigenvalue weighted by Crippen LogP contribution is -2.28. The largest absolute Gasteiger partial charge is 0.337 e. The van der Waals surface area contributed by atoms with Crippen LogP contribution in [0.4, 0.5) is 0 Å². The van der Waals surface area contributed by atoms with Crippen LogP contribution in [0.1, 0.15) is 41.0 Å². The Bertz CT molecular complexity index is 893. The summed E-state index contributed by atoms with van der Waals surface area (Å²) in [5, 5.41) is 1.19. The van der Waals surface area contributed by atoms with Gasteiger partial charge in [-0.05, 0) is 49.1 Å². The van der Waals surface area contributed by atoms with E-state index >= 15 is 0 Å². The molecule has 0 saturated carbocycles. The lowest BCUT2D eigenvalue weighted by Gasteiger charge is -2.19. The topological polar surface area (TPSA) is 25.2 Å². The van der Waals surface area contributed by atoms with Crippen LogP contribution in [0.25, 0.3) is 10.9 Å². The Kier molecular flexibility index (Phi) is 4.93. The number of carbonyl (C=O) groups is 1. The van der Waals surface area contributed by atoms with E-state index in [4.69, 9.17) is 0 Å². The van der Waals surface area contributed by atoms with Gasteiger partial charge < -0.3 is 9.47 Å². The van der Waals surface area contributed by atoms with Gasteiger partial charge in [-0.2, -0.15) is 0 Å². The maximum absolute atomic E-state index is 13.2. The molecular weight excluding hydrogens is 308 g/mol. The number of fused-ring (bicyclic) bond motifs is 1. The first-order chi connectivity index (χ1) is 12.1. The summed E-state index contributed by atoms with van der Waals surface area (Å²) in [4.78, 5) is 15.0. The van der Waals surface area contributed by atoms with Crippen LogP contribution in [0, 0.1) is 6.92 Å². The van der Waals surface area contributed by atoms with Crippen LogP contribution in [-0.4, -0.2) is 22.4 Å².